The minimum Gasteiger partial charge on any atom is -0.504 e. The van der Waals surface area contributed by atoms with Crippen LogP contribution < -0.4 is 0 Å². The molecule has 0 heterocycles. The first-order valence-electron chi connectivity index (χ1n) is 9.30. The van der Waals surface area contributed by atoms with E-state index in [1.165, 1.54) is 33.0 Å². The summed E-state index contributed by atoms with van der Waals surface area (Å²) >= 11 is 0. The highest BCUT2D eigenvalue weighted by atomic mass is 16.3. The molecule has 2 N–H and O–H groups in total. The Morgan fingerprint density at radius 2 is 0.821 bits per heavy atom. The van der Waals surface area contributed by atoms with Crippen LogP contribution in [-0.2, 0) is 0 Å². The summed E-state index contributed by atoms with van der Waals surface area (Å²) in [6, 6.07) is 29.1. The lowest BCUT2D eigenvalue weighted by molar-refractivity contribution is 0.408. The van der Waals surface area contributed by atoms with Crippen molar-refractivity contribution in [2.75, 3.05) is 0 Å². The van der Waals surface area contributed by atoms with Gasteiger partial charge in [0.1, 0.15) is 0 Å². The maximum absolute atomic E-state index is 10.2. The third kappa shape index (κ3) is 2.15. The van der Waals surface area contributed by atoms with Crippen LogP contribution in [0, 0.1) is 0 Å². The number of benzene rings is 6. The second-order valence-corrected chi connectivity index (χ2v) is 7.45. The Kier molecular flexibility index (Phi) is 2.93. The Morgan fingerprint density at radius 1 is 0.393 bits per heavy atom. The Balaban J connectivity index is 1.70. The van der Waals surface area contributed by atoms with Crippen LogP contribution in [0.2, 0.25) is 0 Å². The molecule has 132 valence electrons. The third-order valence-electron chi connectivity index (χ3n) is 5.70. The van der Waals surface area contributed by atoms with E-state index >= 15 is 0 Å². The van der Waals surface area contributed by atoms with Gasteiger partial charge < -0.3 is 10.2 Å². The molecule has 0 atom stereocenters. The fourth-order valence-corrected chi connectivity index (χ4v) is 4.24. The van der Waals surface area contributed by atoms with E-state index in [0.717, 1.165) is 21.5 Å². The molecule has 0 spiro atoms. The predicted octanol–water partition coefficient (Wildman–Crippen LogP) is 6.86. The van der Waals surface area contributed by atoms with Gasteiger partial charge >= 0.3 is 0 Å². The smallest absolute Gasteiger partial charge is 0.165 e. The van der Waals surface area contributed by atoms with Crippen molar-refractivity contribution in [1.82, 2.24) is 0 Å². The van der Waals surface area contributed by atoms with Crippen molar-refractivity contribution >= 4 is 53.9 Å². The molecule has 6 aromatic rings. The van der Waals surface area contributed by atoms with Gasteiger partial charge in [-0.2, -0.15) is 0 Å². The molecule has 0 saturated carbocycles. The van der Waals surface area contributed by atoms with Crippen LogP contribution in [0.1, 0.15) is 0 Å². The largest absolute Gasteiger partial charge is 0.504 e. The van der Waals surface area contributed by atoms with E-state index in [4.69, 9.17) is 0 Å². The zero-order chi connectivity index (χ0) is 18.8. The molecule has 0 aromatic heterocycles. The van der Waals surface area contributed by atoms with Crippen LogP contribution in [-0.4, -0.2) is 10.2 Å². The van der Waals surface area contributed by atoms with Gasteiger partial charge in [0, 0.05) is 5.39 Å². The summed E-state index contributed by atoms with van der Waals surface area (Å²) in [5.41, 5.74) is 0. The van der Waals surface area contributed by atoms with E-state index in [0.29, 0.717) is 5.39 Å². The molecular weight excluding hydrogens is 344 g/mol. The molecule has 2 nitrogen and oxygen atoms in total. The SMILES string of the molecule is Oc1ccc2cc3cc4cc5cc6ccccc6cc5cc4cc3cc2c1O. The lowest BCUT2D eigenvalue weighted by Crippen LogP contribution is -1.82. The number of hydrogen-bond donors (Lipinski definition) is 2. The van der Waals surface area contributed by atoms with Gasteiger partial charge in [0.2, 0.25) is 0 Å². The number of fused-ring (bicyclic) bond motifs is 5. The molecule has 6 aromatic carbocycles. The Morgan fingerprint density at radius 3 is 1.36 bits per heavy atom. The minimum absolute atomic E-state index is 0.0653. The highest BCUT2D eigenvalue weighted by Gasteiger charge is 2.08. The van der Waals surface area contributed by atoms with E-state index < -0.39 is 0 Å². The number of aromatic hydroxyl groups is 2. The van der Waals surface area contributed by atoms with Crippen LogP contribution in [0.3, 0.4) is 0 Å². The monoisotopic (exact) mass is 360 g/mol. The molecule has 0 aliphatic carbocycles. The second kappa shape index (κ2) is 5.37. The van der Waals surface area contributed by atoms with Crippen molar-refractivity contribution < 1.29 is 10.2 Å². The zero-order valence-electron chi connectivity index (χ0n) is 15.0. The van der Waals surface area contributed by atoms with Crippen molar-refractivity contribution in [3.63, 3.8) is 0 Å². The van der Waals surface area contributed by atoms with Gasteiger partial charge in [0.25, 0.3) is 0 Å². The highest BCUT2D eigenvalue weighted by Crippen LogP contribution is 2.37. The van der Waals surface area contributed by atoms with Gasteiger partial charge in [-0.3, -0.25) is 0 Å². The molecule has 0 bridgehead atoms. The average molecular weight is 360 g/mol. The molecule has 28 heavy (non-hydrogen) atoms. The summed E-state index contributed by atoms with van der Waals surface area (Å²) in [4.78, 5) is 0. The normalized spacial score (nSPS) is 11.9. The summed E-state index contributed by atoms with van der Waals surface area (Å²) in [5.74, 6) is -0.157. The Hall–Kier alpha value is -3.78. The van der Waals surface area contributed by atoms with Crippen LogP contribution in [0.5, 0.6) is 11.5 Å². The van der Waals surface area contributed by atoms with Crippen LogP contribution >= 0.6 is 0 Å². The van der Waals surface area contributed by atoms with Gasteiger partial charge in [-0.25, -0.2) is 0 Å². The molecule has 0 amide bonds. The van der Waals surface area contributed by atoms with Crippen molar-refractivity contribution in [1.29, 1.82) is 0 Å². The van der Waals surface area contributed by atoms with Gasteiger partial charge in [0.05, 0.1) is 0 Å². The lowest BCUT2D eigenvalue weighted by Gasteiger charge is -2.09. The minimum atomic E-state index is -0.0921. The third-order valence-corrected chi connectivity index (χ3v) is 5.70. The van der Waals surface area contributed by atoms with E-state index in [2.05, 4.69) is 66.7 Å². The predicted molar refractivity (Wildman–Crippen MR) is 117 cm³/mol. The Labute approximate surface area is 160 Å². The molecule has 0 saturated heterocycles. The number of phenolic OH excluding ortho intramolecular Hbond substituents is 2. The van der Waals surface area contributed by atoms with Crippen LogP contribution in [0.25, 0.3) is 53.9 Å². The average Bonchev–Trinajstić information content (AvgIpc) is 2.71. The topological polar surface area (TPSA) is 40.5 Å². The van der Waals surface area contributed by atoms with Crippen molar-refractivity contribution in [3.8, 4) is 11.5 Å². The molecular formula is C26H16O2. The second-order valence-electron chi connectivity index (χ2n) is 7.45. The molecule has 2 heteroatoms. The quantitative estimate of drug-likeness (QED) is 0.229. The number of phenols is 2. The van der Waals surface area contributed by atoms with Crippen molar-refractivity contribution in [2.45, 2.75) is 0 Å². The standard InChI is InChI=1S/C26H16O2/c27-25-6-5-17-9-20-12-21-10-18-7-15-3-1-2-4-16(15)8-19(18)11-22(21)13-23(20)14-24(17)26(25)28/h1-14,27-28H. The number of hydrogen-bond acceptors (Lipinski definition) is 2. The summed E-state index contributed by atoms with van der Waals surface area (Å²) < 4.78 is 0. The van der Waals surface area contributed by atoms with Crippen LogP contribution in [0.15, 0.2) is 84.9 Å². The maximum atomic E-state index is 10.2. The van der Waals surface area contributed by atoms with Crippen LogP contribution in [0.4, 0.5) is 0 Å². The van der Waals surface area contributed by atoms with E-state index in [-0.39, 0.29) is 11.5 Å². The molecule has 0 radical (unpaired) electrons. The van der Waals surface area contributed by atoms with Gasteiger partial charge in [-0.15, -0.1) is 0 Å². The fraction of sp³-hybridized carbons (Fsp3) is 0. The zero-order valence-corrected chi connectivity index (χ0v) is 15.0. The van der Waals surface area contributed by atoms with Gasteiger partial charge in [0.15, 0.2) is 11.5 Å². The maximum Gasteiger partial charge on any atom is 0.165 e. The fourth-order valence-electron chi connectivity index (χ4n) is 4.24. The summed E-state index contributed by atoms with van der Waals surface area (Å²) in [6.45, 7) is 0. The molecule has 0 aliphatic heterocycles. The molecule has 0 fully saturated rings. The molecule has 0 unspecified atom stereocenters. The Bertz CT molecular complexity index is 1580. The van der Waals surface area contributed by atoms with E-state index in [9.17, 15) is 10.2 Å². The van der Waals surface area contributed by atoms with Gasteiger partial charge in [-0.05, 0) is 103 Å². The lowest BCUT2D eigenvalue weighted by atomic mass is 9.96. The first kappa shape index (κ1) is 15.3. The van der Waals surface area contributed by atoms with Crippen molar-refractivity contribution in [2.24, 2.45) is 0 Å². The molecule has 6 rings (SSSR count). The van der Waals surface area contributed by atoms with Gasteiger partial charge in [-0.1, -0.05) is 30.3 Å². The van der Waals surface area contributed by atoms with Crippen molar-refractivity contribution in [3.05, 3.63) is 84.9 Å². The summed E-state index contributed by atoms with van der Waals surface area (Å²) in [5, 5.41) is 31.1. The molecule has 0 aliphatic rings. The highest BCUT2D eigenvalue weighted by molar-refractivity contribution is 6.10. The summed E-state index contributed by atoms with van der Waals surface area (Å²) in [6.07, 6.45) is 0. The van der Waals surface area contributed by atoms with E-state index in [1.807, 2.05) is 12.1 Å². The van der Waals surface area contributed by atoms with E-state index in [1.54, 1.807) is 0 Å². The first-order valence-corrected chi connectivity index (χ1v) is 9.30. The summed E-state index contributed by atoms with van der Waals surface area (Å²) in [7, 11) is 0. The number of rotatable bonds is 0. The first-order chi connectivity index (χ1) is 13.7.